The van der Waals surface area contributed by atoms with Crippen LogP contribution in [0.1, 0.15) is 19.7 Å². The largest absolute Gasteiger partial charge is 0.368 e. The summed E-state index contributed by atoms with van der Waals surface area (Å²) in [6.07, 6.45) is 1.59. The van der Waals surface area contributed by atoms with Gasteiger partial charge in [-0.25, -0.2) is 9.67 Å². The average molecular weight is 267 g/mol. The summed E-state index contributed by atoms with van der Waals surface area (Å²) in [5, 5.41) is 12.8. The summed E-state index contributed by atoms with van der Waals surface area (Å²) in [4.78, 5) is 4.26. The smallest absolute Gasteiger partial charge is 0.222 e. The Kier molecular flexibility index (Phi) is 3.85. The molecule has 0 bridgehead atoms. The van der Waals surface area contributed by atoms with E-state index >= 15 is 0 Å². The first-order chi connectivity index (χ1) is 8.58. The second-order valence-electron chi connectivity index (χ2n) is 4.44. The summed E-state index contributed by atoms with van der Waals surface area (Å²) in [7, 11) is 1.84. The van der Waals surface area contributed by atoms with Gasteiger partial charge in [-0.15, -0.1) is 10.2 Å². The third-order valence-corrected chi connectivity index (χ3v) is 3.45. The molecule has 8 heteroatoms. The van der Waals surface area contributed by atoms with Crippen LogP contribution in [0.15, 0.2) is 11.5 Å². The number of rotatable bonds is 5. The maximum atomic E-state index is 5.63. The Morgan fingerprint density at radius 1 is 1.39 bits per heavy atom. The highest BCUT2D eigenvalue weighted by Crippen LogP contribution is 2.20. The van der Waals surface area contributed by atoms with E-state index < -0.39 is 0 Å². The monoisotopic (exact) mass is 267 g/mol. The summed E-state index contributed by atoms with van der Waals surface area (Å²) in [5.41, 5.74) is 5.63. The van der Waals surface area contributed by atoms with Crippen LogP contribution in [0.2, 0.25) is 0 Å². The molecule has 98 valence electrons. The van der Waals surface area contributed by atoms with Gasteiger partial charge in [0.15, 0.2) is 5.16 Å². The predicted molar refractivity (Wildman–Crippen MR) is 69.8 cm³/mol. The first kappa shape index (κ1) is 12.9. The molecule has 0 saturated carbocycles. The van der Waals surface area contributed by atoms with E-state index in [4.69, 9.17) is 5.73 Å². The highest BCUT2D eigenvalue weighted by atomic mass is 32.2. The van der Waals surface area contributed by atoms with Crippen LogP contribution in [-0.4, -0.2) is 29.5 Å². The highest BCUT2D eigenvalue weighted by Gasteiger charge is 2.10. The summed E-state index contributed by atoms with van der Waals surface area (Å²) in [5.74, 6) is 2.61. The summed E-state index contributed by atoms with van der Waals surface area (Å²) in [6, 6.07) is 0. The fourth-order valence-corrected chi connectivity index (χ4v) is 2.35. The Labute approximate surface area is 110 Å². The van der Waals surface area contributed by atoms with Crippen molar-refractivity contribution in [1.29, 1.82) is 0 Å². The lowest BCUT2D eigenvalue weighted by Crippen LogP contribution is -2.09. The number of aromatic nitrogens is 6. The molecule has 7 nitrogen and oxygen atoms in total. The fraction of sp³-hybridized carbons (Fsp3) is 0.600. The van der Waals surface area contributed by atoms with Crippen molar-refractivity contribution >= 4 is 17.7 Å². The Bertz CT molecular complexity index is 516. The molecule has 0 spiro atoms. The van der Waals surface area contributed by atoms with Gasteiger partial charge in [0.25, 0.3) is 0 Å². The summed E-state index contributed by atoms with van der Waals surface area (Å²) >= 11 is 1.55. The molecular formula is C10H17N7S. The molecule has 2 aromatic heterocycles. The van der Waals surface area contributed by atoms with Crippen LogP contribution >= 0.6 is 11.8 Å². The standard InChI is InChI=1S/C10H17N7S/c1-7(2)4-17-8(12-6-13-17)5-18-10-15-14-9(11)16(10)3/h6-7H,4-5H2,1-3H3,(H2,11,14). The minimum Gasteiger partial charge on any atom is -0.368 e. The second kappa shape index (κ2) is 5.38. The van der Waals surface area contributed by atoms with Crippen LogP contribution < -0.4 is 5.73 Å². The van der Waals surface area contributed by atoms with Gasteiger partial charge in [0.2, 0.25) is 5.95 Å². The van der Waals surface area contributed by atoms with Crippen molar-refractivity contribution in [3.05, 3.63) is 12.2 Å². The molecule has 0 radical (unpaired) electrons. The molecule has 18 heavy (non-hydrogen) atoms. The van der Waals surface area contributed by atoms with Gasteiger partial charge < -0.3 is 5.73 Å². The number of anilines is 1. The molecule has 0 fully saturated rings. The van der Waals surface area contributed by atoms with Gasteiger partial charge in [-0.3, -0.25) is 4.57 Å². The lowest BCUT2D eigenvalue weighted by atomic mass is 10.2. The molecule has 2 heterocycles. The van der Waals surface area contributed by atoms with E-state index in [0.717, 1.165) is 17.5 Å². The van der Waals surface area contributed by atoms with Crippen molar-refractivity contribution in [2.45, 2.75) is 31.3 Å². The van der Waals surface area contributed by atoms with Gasteiger partial charge in [-0.1, -0.05) is 25.6 Å². The average Bonchev–Trinajstić information content (AvgIpc) is 2.86. The lowest BCUT2D eigenvalue weighted by Gasteiger charge is -2.07. The van der Waals surface area contributed by atoms with Gasteiger partial charge in [-0.05, 0) is 5.92 Å². The molecular weight excluding hydrogens is 250 g/mol. The second-order valence-corrected chi connectivity index (χ2v) is 5.38. The van der Waals surface area contributed by atoms with Gasteiger partial charge in [0, 0.05) is 13.6 Å². The Hall–Kier alpha value is -1.57. The van der Waals surface area contributed by atoms with Crippen LogP contribution in [0.25, 0.3) is 0 Å². The van der Waals surface area contributed by atoms with Gasteiger partial charge in [0.05, 0.1) is 5.75 Å². The number of hydrogen-bond donors (Lipinski definition) is 1. The maximum Gasteiger partial charge on any atom is 0.222 e. The fourth-order valence-electron chi connectivity index (χ4n) is 1.48. The van der Waals surface area contributed by atoms with E-state index in [1.165, 1.54) is 0 Å². The van der Waals surface area contributed by atoms with E-state index in [1.54, 1.807) is 22.7 Å². The van der Waals surface area contributed by atoms with E-state index in [1.807, 2.05) is 11.7 Å². The van der Waals surface area contributed by atoms with Crippen molar-refractivity contribution in [2.75, 3.05) is 5.73 Å². The lowest BCUT2D eigenvalue weighted by molar-refractivity contribution is 0.471. The molecule has 2 rings (SSSR count). The van der Waals surface area contributed by atoms with Crippen molar-refractivity contribution in [2.24, 2.45) is 13.0 Å². The number of nitrogens with zero attached hydrogens (tertiary/aromatic N) is 6. The minimum absolute atomic E-state index is 0.418. The van der Waals surface area contributed by atoms with Crippen LogP contribution in [0, 0.1) is 5.92 Å². The van der Waals surface area contributed by atoms with Crippen molar-refractivity contribution < 1.29 is 0 Å². The third kappa shape index (κ3) is 2.81. The van der Waals surface area contributed by atoms with E-state index in [-0.39, 0.29) is 0 Å². The molecule has 0 saturated heterocycles. The molecule has 2 N–H and O–H groups in total. The van der Waals surface area contributed by atoms with Crippen LogP contribution in [0.4, 0.5) is 5.95 Å². The molecule has 0 aliphatic rings. The molecule has 0 aliphatic carbocycles. The first-order valence-electron chi connectivity index (χ1n) is 5.72. The Morgan fingerprint density at radius 3 is 2.78 bits per heavy atom. The van der Waals surface area contributed by atoms with Gasteiger partial charge in [-0.2, -0.15) is 5.10 Å². The van der Waals surface area contributed by atoms with Crippen LogP contribution in [0.5, 0.6) is 0 Å². The quantitative estimate of drug-likeness (QED) is 0.811. The van der Waals surface area contributed by atoms with E-state index in [0.29, 0.717) is 17.6 Å². The molecule has 0 aliphatic heterocycles. The van der Waals surface area contributed by atoms with Crippen LogP contribution in [0.3, 0.4) is 0 Å². The van der Waals surface area contributed by atoms with Crippen molar-refractivity contribution in [3.8, 4) is 0 Å². The van der Waals surface area contributed by atoms with Gasteiger partial charge >= 0.3 is 0 Å². The minimum atomic E-state index is 0.418. The molecule has 0 amide bonds. The van der Waals surface area contributed by atoms with E-state index in [9.17, 15) is 0 Å². The molecule has 0 unspecified atom stereocenters. The van der Waals surface area contributed by atoms with Crippen molar-refractivity contribution in [1.82, 2.24) is 29.5 Å². The first-order valence-corrected chi connectivity index (χ1v) is 6.71. The molecule has 2 aromatic rings. The normalized spacial score (nSPS) is 11.3. The Balaban J connectivity index is 2.02. The number of hydrogen-bond acceptors (Lipinski definition) is 6. The predicted octanol–water partition coefficient (Wildman–Crippen LogP) is 0.937. The van der Waals surface area contributed by atoms with Crippen LogP contribution in [-0.2, 0) is 19.3 Å². The Morgan fingerprint density at radius 2 is 2.17 bits per heavy atom. The summed E-state index contributed by atoms with van der Waals surface area (Å²) in [6.45, 7) is 5.18. The molecule has 0 atom stereocenters. The summed E-state index contributed by atoms with van der Waals surface area (Å²) < 4.78 is 3.69. The zero-order valence-electron chi connectivity index (χ0n) is 10.7. The number of nitrogen functional groups attached to an aromatic ring is 1. The zero-order chi connectivity index (χ0) is 13.1. The molecule has 0 aromatic carbocycles. The van der Waals surface area contributed by atoms with Gasteiger partial charge in [0.1, 0.15) is 12.2 Å². The number of thioether (sulfide) groups is 1. The van der Waals surface area contributed by atoms with E-state index in [2.05, 4.69) is 34.1 Å². The maximum absolute atomic E-state index is 5.63. The van der Waals surface area contributed by atoms with Crippen molar-refractivity contribution in [3.63, 3.8) is 0 Å². The zero-order valence-corrected chi connectivity index (χ0v) is 11.6. The topological polar surface area (TPSA) is 87.4 Å². The SMILES string of the molecule is CC(C)Cn1ncnc1CSc1nnc(N)n1C. The number of nitrogens with two attached hydrogens (primary N) is 1. The highest BCUT2D eigenvalue weighted by molar-refractivity contribution is 7.98. The third-order valence-electron chi connectivity index (χ3n) is 2.43.